The number of carbonyl (C=O) groups is 2. The van der Waals surface area contributed by atoms with E-state index in [1.807, 2.05) is 6.92 Å². The average Bonchev–Trinajstić information content (AvgIpc) is 3.34. The lowest BCUT2D eigenvalue weighted by Gasteiger charge is -2.21. The highest BCUT2D eigenvalue weighted by Gasteiger charge is 2.20. The monoisotopic (exact) mass is 498 g/mol. The molecule has 0 saturated carbocycles. The van der Waals surface area contributed by atoms with Gasteiger partial charge >= 0.3 is 0 Å². The van der Waals surface area contributed by atoms with Crippen molar-refractivity contribution in [2.75, 3.05) is 23.7 Å². The molecular weight excluding hydrogens is 472 g/mol. The van der Waals surface area contributed by atoms with Gasteiger partial charge in [0.1, 0.15) is 18.1 Å². The van der Waals surface area contributed by atoms with Crippen molar-refractivity contribution in [3.8, 4) is 5.75 Å². The summed E-state index contributed by atoms with van der Waals surface area (Å²) in [6.45, 7) is 1.61. The number of furan rings is 1. The third-order valence-electron chi connectivity index (χ3n) is 4.70. The number of ether oxygens (including phenoxy) is 1. The van der Waals surface area contributed by atoms with Crippen LogP contribution < -0.4 is 19.8 Å². The molecule has 0 unspecified atom stereocenters. The van der Waals surface area contributed by atoms with E-state index in [1.54, 1.807) is 60.7 Å². The number of aryl methyl sites for hydroxylation is 1. The molecule has 2 amide bonds. The van der Waals surface area contributed by atoms with Crippen molar-refractivity contribution in [1.82, 2.24) is 10.7 Å². The van der Waals surface area contributed by atoms with Gasteiger partial charge in [0.2, 0.25) is 10.0 Å². The number of benzene rings is 2. The van der Waals surface area contributed by atoms with Crippen molar-refractivity contribution in [2.45, 2.75) is 13.5 Å². The van der Waals surface area contributed by atoms with Gasteiger partial charge in [0.25, 0.3) is 11.8 Å². The molecule has 10 nitrogen and oxygen atoms in total. The predicted molar refractivity (Wildman–Crippen MR) is 132 cm³/mol. The summed E-state index contributed by atoms with van der Waals surface area (Å²) in [5.41, 5.74) is 4.36. The molecular formula is C24H26N4O6S. The summed E-state index contributed by atoms with van der Waals surface area (Å²) in [6, 6.07) is 17.0. The molecule has 0 aliphatic rings. The summed E-state index contributed by atoms with van der Waals surface area (Å²) >= 11 is 0. The minimum Gasteiger partial charge on any atom is -0.484 e. The van der Waals surface area contributed by atoms with Crippen LogP contribution in [0.2, 0.25) is 0 Å². The van der Waals surface area contributed by atoms with Crippen LogP contribution in [0.1, 0.15) is 16.9 Å². The molecule has 0 aliphatic heterocycles. The molecule has 2 aromatic carbocycles. The lowest BCUT2D eigenvalue weighted by atomic mass is 10.2. The first-order valence-electron chi connectivity index (χ1n) is 10.6. The molecule has 0 saturated heterocycles. The van der Waals surface area contributed by atoms with Crippen LogP contribution in [0, 0.1) is 6.92 Å². The Morgan fingerprint density at radius 1 is 1.06 bits per heavy atom. The van der Waals surface area contributed by atoms with E-state index in [9.17, 15) is 18.0 Å². The molecule has 1 aromatic heterocycles. The Bertz CT molecular complexity index is 1250. The maximum absolute atomic E-state index is 12.3. The lowest BCUT2D eigenvalue weighted by molar-refractivity contribution is -0.123. The van der Waals surface area contributed by atoms with E-state index in [0.29, 0.717) is 22.8 Å². The molecule has 0 fully saturated rings. The second kappa shape index (κ2) is 11.8. The van der Waals surface area contributed by atoms with Gasteiger partial charge in [0.05, 0.1) is 31.0 Å². The molecule has 0 spiro atoms. The maximum Gasteiger partial charge on any atom is 0.260 e. The molecule has 3 rings (SSSR count). The fourth-order valence-electron chi connectivity index (χ4n) is 2.90. The van der Waals surface area contributed by atoms with Crippen LogP contribution in [0.4, 0.5) is 5.69 Å². The maximum atomic E-state index is 12.3. The first-order chi connectivity index (χ1) is 16.7. The first-order valence-corrected chi connectivity index (χ1v) is 12.4. The molecule has 11 heteroatoms. The topological polar surface area (TPSA) is 130 Å². The number of anilines is 1. The van der Waals surface area contributed by atoms with Crippen LogP contribution in [-0.2, 0) is 26.2 Å². The highest BCUT2D eigenvalue weighted by molar-refractivity contribution is 7.92. The minimum absolute atomic E-state index is 0.151. The van der Waals surface area contributed by atoms with E-state index in [2.05, 4.69) is 15.8 Å². The third-order valence-corrected chi connectivity index (χ3v) is 5.84. The molecule has 0 aliphatic carbocycles. The highest BCUT2D eigenvalue weighted by atomic mass is 32.2. The smallest absolute Gasteiger partial charge is 0.260 e. The van der Waals surface area contributed by atoms with Gasteiger partial charge in [0.15, 0.2) is 6.61 Å². The van der Waals surface area contributed by atoms with E-state index in [0.717, 1.165) is 16.1 Å². The van der Waals surface area contributed by atoms with Crippen molar-refractivity contribution < 1.29 is 27.2 Å². The lowest BCUT2D eigenvalue weighted by Crippen LogP contribution is -2.39. The zero-order valence-electron chi connectivity index (χ0n) is 19.3. The van der Waals surface area contributed by atoms with E-state index >= 15 is 0 Å². The summed E-state index contributed by atoms with van der Waals surface area (Å²) in [5.74, 6) is 0.255. The number of hydrogen-bond donors (Lipinski definition) is 2. The number of sulfonamides is 1. The van der Waals surface area contributed by atoms with Crippen molar-refractivity contribution in [1.29, 1.82) is 0 Å². The van der Waals surface area contributed by atoms with E-state index in [-0.39, 0.29) is 19.1 Å². The SMILES string of the molecule is Cc1ccc(N(CC(=O)N/N=C\c2ccc(OCC(=O)NCc3ccco3)cc2)S(C)(=O)=O)cc1. The zero-order chi connectivity index (χ0) is 25.3. The Hall–Kier alpha value is -4.12. The molecule has 0 radical (unpaired) electrons. The number of carbonyl (C=O) groups excluding carboxylic acids is 2. The minimum atomic E-state index is -3.66. The summed E-state index contributed by atoms with van der Waals surface area (Å²) in [7, 11) is -3.66. The molecule has 35 heavy (non-hydrogen) atoms. The fraction of sp³-hybridized carbons (Fsp3) is 0.208. The number of hydrazone groups is 1. The molecule has 0 atom stereocenters. The molecule has 1 heterocycles. The fourth-order valence-corrected chi connectivity index (χ4v) is 3.76. The quantitative estimate of drug-likeness (QED) is 0.308. The van der Waals surface area contributed by atoms with Gasteiger partial charge in [-0.15, -0.1) is 0 Å². The zero-order valence-corrected chi connectivity index (χ0v) is 20.1. The normalized spacial score (nSPS) is 11.3. The van der Waals surface area contributed by atoms with Crippen molar-refractivity contribution in [3.63, 3.8) is 0 Å². The summed E-state index contributed by atoms with van der Waals surface area (Å²) in [5, 5.41) is 6.56. The van der Waals surface area contributed by atoms with Gasteiger partial charge in [0, 0.05) is 0 Å². The van der Waals surface area contributed by atoms with Crippen molar-refractivity contribution in [3.05, 3.63) is 83.8 Å². The third kappa shape index (κ3) is 8.31. The summed E-state index contributed by atoms with van der Waals surface area (Å²) < 4.78 is 35.9. The van der Waals surface area contributed by atoms with Crippen LogP contribution in [-0.4, -0.2) is 45.9 Å². The molecule has 3 aromatic rings. The second-order valence-electron chi connectivity index (χ2n) is 7.61. The first kappa shape index (κ1) is 25.5. The van der Waals surface area contributed by atoms with Crippen LogP contribution in [0.5, 0.6) is 5.75 Å². The van der Waals surface area contributed by atoms with E-state index in [1.165, 1.54) is 12.5 Å². The number of rotatable bonds is 11. The van der Waals surface area contributed by atoms with Crippen molar-refractivity contribution in [2.24, 2.45) is 5.10 Å². The Labute approximate surface area is 203 Å². The predicted octanol–water partition coefficient (Wildman–Crippen LogP) is 2.20. The number of nitrogens with one attached hydrogen (secondary N) is 2. The van der Waals surface area contributed by atoms with Crippen LogP contribution in [0.3, 0.4) is 0 Å². The van der Waals surface area contributed by atoms with Crippen LogP contribution in [0.25, 0.3) is 0 Å². The largest absolute Gasteiger partial charge is 0.484 e. The van der Waals surface area contributed by atoms with Gasteiger partial charge in [-0.05, 0) is 61.0 Å². The highest BCUT2D eigenvalue weighted by Crippen LogP contribution is 2.17. The van der Waals surface area contributed by atoms with Crippen molar-refractivity contribution >= 4 is 33.7 Å². The van der Waals surface area contributed by atoms with Gasteiger partial charge in [-0.3, -0.25) is 13.9 Å². The average molecular weight is 499 g/mol. The van der Waals surface area contributed by atoms with Gasteiger partial charge in [-0.25, -0.2) is 13.8 Å². The van der Waals surface area contributed by atoms with E-state index < -0.39 is 22.5 Å². The standard InChI is InChI=1S/C24H26N4O6S/c1-18-5-9-20(10-6-18)28(35(2,31)32)16-23(29)27-26-14-19-7-11-21(12-8-19)34-17-24(30)25-15-22-4-3-13-33-22/h3-14H,15-17H2,1-2H3,(H,25,30)(H,27,29)/b26-14-. The number of amides is 2. The summed E-state index contributed by atoms with van der Waals surface area (Å²) in [6.07, 6.45) is 3.98. The summed E-state index contributed by atoms with van der Waals surface area (Å²) in [4.78, 5) is 24.1. The Balaban J connectivity index is 1.46. The second-order valence-corrected chi connectivity index (χ2v) is 9.52. The molecule has 184 valence electrons. The van der Waals surface area contributed by atoms with Gasteiger partial charge < -0.3 is 14.5 Å². The van der Waals surface area contributed by atoms with E-state index in [4.69, 9.17) is 9.15 Å². The molecule has 2 N–H and O–H groups in total. The Morgan fingerprint density at radius 3 is 2.40 bits per heavy atom. The molecule has 0 bridgehead atoms. The Kier molecular flexibility index (Phi) is 8.63. The van der Waals surface area contributed by atoms with Crippen LogP contribution >= 0.6 is 0 Å². The Morgan fingerprint density at radius 2 is 1.77 bits per heavy atom. The number of hydrogen-bond acceptors (Lipinski definition) is 7. The number of nitrogens with zero attached hydrogens (tertiary/aromatic N) is 2. The van der Waals surface area contributed by atoms with Gasteiger partial charge in [-0.2, -0.15) is 5.10 Å². The van der Waals surface area contributed by atoms with Crippen LogP contribution in [0.15, 0.2) is 76.4 Å². The van der Waals surface area contributed by atoms with Gasteiger partial charge in [-0.1, -0.05) is 17.7 Å².